The van der Waals surface area contributed by atoms with Crippen LogP contribution in [0, 0.1) is 0 Å². The molecule has 0 heterocycles. The Bertz CT molecular complexity index is 955. The molecule has 0 saturated carbocycles. The lowest BCUT2D eigenvalue weighted by molar-refractivity contribution is 0.0954. The van der Waals surface area contributed by atoms with E-state index in [1.54, 1.807) is 38.1 Å². The summed E-state index contributed by atoms with van der Waals surface area (Å²) in [7, 11) is -3.71. The lowest BCUT2D eigenvalue weighted by Gasteiger charge is -2.13. The number of hydrogen-bond acceptors (Lipinski definition) is 4. The molecule has 0 spiro atoms. The van der Waals surface area contributed by atoms with Crippen molar-refractivity contribution in [2.24, 2.45) is 0 Å². The molecule has 0 saturated heterocycles. The summed E-state index contributed by atoms with van der Waals surface area (Å²) in [5.41, 5.74) is 0.875. The van der Waals surface area contributed by atoms with E-state index in [0.29, 0.717) is 17.8 Å². The van der Waals surface area contributed by atoms with Crippen LogP contribution in [0.1, 0.15) is 47.9 Å². The molecule has 0 unspecified atom stereocenters. The highest BCUT2D eigenvalue weighted by Gasteiger charge is 2.18. The molecular weight excluding hydrogens is 378 g/mol. The van der Waals surface area contributed by atoms with Crippen LogP contribution >= 0.6 is 0 Å². The highest BCUT2D eigenvalue weighted by atomic mass is 32.2. The second kappa shape index (κ2) is 9.48. The fourth-order valence-electron chi connectivity index (χ4n) is 2.50. The molecule has 0 aliphatic heterocycles. The summed E-state index contributed by atoms with van der Waals surface area (Å²) in [6.45, 7) is 5.91. The van der Waals surface area contributed by atoms with Crippen LogP contribution in [0.15, 0.2) is 53.4 Å². The van der Waals surface area contributed by atoms with Crippen LogP contribution in [-0.4, -0.2) is 32.8 Å². The van der Waals surface area contributed by atoms with Crippen molar-refractivity contribution in [3.05, 3.63) is 59.7 Å². The summed E-state index contributed by atoms with van der Waals surface area (Å²) >= 11 is 0. The topological polar surface area (TPSA) is 104 Å². The highest BCUT2D eigenvalue weighted by Crippen LogP contribution is 2.18. The zero-order valence-electron chi connectivity index (χ0n) is 16.2. The Morgan fingerprint density at radius 2 is 1.71 bits per heavy atom. The van der Waals surface area contributed by atoms with Crippen molar-refractivity contribution in [3.8, 4) is 0 Å². The van der Waals surface area contributed by atoms with Gasteiger partial charge in [0.2, 0.25) is 10.0 Å². The lowest BCUT2D eigenvalue weighted by Crippen LogP contribution is -2.30. The summed E-state index contributed by atoms with van der Waals surface area (Å²) in [6, 6.07) is 12.1. The van der Waals surface area contributed by atoms with E-state index in [2.05, 4.69) is 15.4 Å². The predicted octanol–water partition coefficient (Wildman–Crippen LogP) is 2.77. The molecular formula is C20H25N3O4S. The fourth-order valence-corrected chi connectivity index (χ4v) is 3.80. The number of benzene rings is 2. The van der Waals surface area contributed by atoms with Gasteiger partial charge in [-0.1, -0.05) is 25.1 Å². The van der Waals surface area contributed by atoms with Crippen molar-refractivity contribution in [1.29, 1.82) is 0 Å². The van der Waals surface area contributed by atoms with Crippen LogP contribution in [-0.2, 0) is 10.0 Å². The molecule has 7 nitrogen and oxygen atoms in total. The number of carbonyl (C=O) groups excluding carboxylic acids is 2. The molecule has 28 heavy (non-hydrogen) atoms. The van der Waals surface area contributed by atoms with E-state index in [9.17, 15) is 18.0 Å². The summed E-state index contributed by atoms with van der Waals surface area (Å²) in [6.07, 6.45) is 0.798. The molecule has 0 aromatic heterocycles. The Morgan fingerprint density at radius 3 is 2.39 bits per heavy atom. The molecule has 0 aliphatic carbocycles. The van der Waals surface area contributed by atoms with E-state index in [-0.39, 0.29) is 22.4 Å². The van der Waals surface area contributed by atoms with E-state index in [0.717, 1.165) is 6.42 Å². The van der Waals surface area contributed by atoms with Gasteiger partial charge in [-0.05, 0) is 50.6 Å². The standard InChI is InChI=1S/C20H25N3O4S/c1-4-12-21-20(25)17-10-5-6-11-18(17)22-19(24)15-8-7-9-16(13-15)28(26,27)23-14(2)3/h5-11,13-14,23H,4,12H2,1-3H3,(H,21,25)(H,22,24). The molecule has 0 atom stereocenters. The van der Waals surface area contributed by atoms with Crippen LogP contribution in [0.3, 0.4) is 0 Å². The minimum atomic E-state index is -3.71. The van der Waals surface area contributed by atoms with Crippen LogP contribution in [0.5, 0.6) is 0 Å². The van der Waals surface area contributed by atoms with E-state index in [1.807, 2.05) is 6.92 Å². The summed E-state index contributed by atoms with van der Waals surface area (Å²) in [5.74, 6) is -0.785. The Balaban J connectivity index is 2.25. The molecule has 2 amide bonds. The maximum absolute atomic E-state index is 12.6. The van der Waals surface area contributed by atoms with Crippen molar-refractivity contribution < 1.29 is 18.0 Å². The third kappa shape index (κ3) is 5.64. The van der Waals surface area contributed by atoms with Crippen molar-refractivity contribution in [3.63, 3.8) is 0 Å². The normalized spacial score (nSPS) is 11.3. The Hall–Kier alpha value is -2.71. The van der Waals surface area contributed by atoms with Crippen molar-refractivity contribution in [2.75, 3.05) is 11.9 Å². The van der Waals surface area contributed by atoms with Crippen LogP contribution in [0.25, 0.3) is 0 Å². The van der Waals surface area contributed by atoms with E-state index >= 15 is 0 Å². The first-order valence-corrected chi connectivity index (χ1v) is 10.5. The number of anilines is 1. The van der Waals surface area contributed by atoms with Gasteiger partial charge in [-0.15, -0.1) is 0 Å². The van der Waals surface area contributed by atoms with Gasteiger partial charge in [0.15, 0.2) is 0 Å². The zero-order valence-corrected chi connectivity index (χ0v) is 17.0. The second-order valence-electron chi connectivity index (χ2n) is 6.56. The first-order chi connectivity index (χ1) is 13.2. The Kier molecular flexibility index (Phi) is 7.31. The number of carbonyl (C=O) groups is 2. The second-order valence-corrected chi connectivity index (χ2v) is 8.27. The molecule has 150 valence electrons. The molecule has 2 aromatic carbocycles. The minimum Gasteiger partial charge on any atom is -0.352 e. The number of amides is 2. The van der Waals surface area contributed by atoms with Gasteiger partial charge in [0.05, 0.1) is 16.1 Å². The lowest BCUT2D eigenvalue weighted by atomic mass is 10.1. The van der Waals surface area contributed by atoms with Gasteiger partial charge < -0.3 is 10.6 Å². The van der Waals surface area contributed by atoms with Gasteiger partial charge >= 0.3 is 0 Å². The SMILES string of the molecule is CCCNC(=O)c1ccccc1NC(=O)c1cccc(S(=O)(=O)NC(C)C)c1. The molecule has 2 aromatic rings. The van der Waals surface area contributed by atoms with Gasteiger partial charge in [-0.3, -0.25) is 9.59 Å². The predicted molar refractivity (Wildman–Crippen MR) is 109 cm³/mol. The van der Waals surface area contributed by atoms with Gasteiger partial charge in [0, 0.05) is 18.2 Å². The zero-order chi connectivity index (χ0) is 20.7. The largest absolute Gasteiger partial charge is 0.352 e. The van der Waals surface area contributed by atoms with Crippen molar-refractivity contribution in [2.45, 2.75) is 38.1 Å². The molecule has 0 aliphatic rings. The van der Waals surface area contributed by atoms with Crippen molar-refractivity contribution >= 4 is 27.5 Å². The fraction of sp³-hybridized carbons (Fsp3) is 0.300. The van der Waals surface area contributed by atoms with Crippen LogP contribution in [0.2, 0.25) is 0 Å². The smallest absolute Gasteiger partial charge is 0.255 e. The molecule has 0 radical (unpaired) electrons. The average Bonchev–Trinajstić information content (AvgIpc) is 2.65. The van der Waals surface area contributed by atoms with Gasteiger partial charge in [0.25, 0.3) is 11.8 Å². The summed E-state index contributed by atoms with van der Waals surface area (Å²) in [5, 5.41) is 5.46. The molecule has 8 heteroatoms. The summed E-state index contributed by atoms with van der Waals surface area (Å²) < 4.78 is 27.1. The van der Waals surface area contributed by atoms with Gasteiger partial charge in [-0.2, -0.15) is 0 Å². The van der Waals surface area contributed by atoms with E-state index in [1.165, 1.54) is 24.3 Å². The highest BCUT2D eigenvalue weighted by molar-refractivity contribution is 7.89. The van der Waals surface area contributed by atoms with Crippen LogP contribution < -0.4 is 15.4 Å². The van der Waals surface area contributed by atoms with Gasteiger partial charge in [0.1, 0.15) is 0 Å². The first kappa shape index (κ1) is 21.6. The van der Waals surface area contributed by atoms with Gasteiger partial charge in [-0.25, -0.2) is 13.1 Å². The molecule has 0 bridgehead atoms. The average molecular weight is 404 g/mol. The third-order valence-corrected chi connectivity index (χ3v) is 5.41. The van der Waals surface area contributed by atoms with E-state index in [4.69, 9.17) is 0 Å². The Labute approximate surface area is 165 Å². The summed E-state index contributed by atoms with van der Waals surface area (Å²) in [4.78, 5) is 24.9. The van der Waals surface area contributed by atoms with Crippen molar-refractivity contribution in [1.82, 2.24) is 10.0 Å². The first-order valence-electron chi connectivity index (χ1n) is 9.05. The Morgan fingerprint density at radius 1 is 1.00 bits per heavy atom. The van der Waals surface area contributed by atoms with Crippen LogP contribution in [0.4, 0.5) is 5.69 Å². The van der Waals surface area contributed by atoms with E-state index < -0.39 is 15.9 Å². The third-order valence-electron chi connectivity index (χ3n) is 3.75. The number of para-hydroxylation sites is 1. The monoisotopic (exact) mass is 403 g/mol. The number of rotatable bonds is 8. The maximum Gasteiger partial charge on any atom is 0.255 e. The maximum atomic E-state index is 12.6. The molecule has 0 fully saturated rings. The molecule has 3 N–H and O–H groups in total. The number of sulfonamides is 1. The quantitative estimate of drug-likeness (QED) is 0.630. The number of hydrogen-bond donors (Lipinski definition) is 3. The molecule has 2 rings (SSSR count). The number of nitrogens with one attached hydrogen (secondary N) is 3. The minimum absolute atomic E-state index is 0.00261.